The number of Topliss-reactive ketones (excluding diaryl/α,β-unsaturated/α-hetero) is 1. The van der Waals surface area contributed by atoms with Gasteiger partial charge in [-0.1, -0.05) is 18.2 Å². The van der Waals surface area contributed by atoms with Gasteiger partial charge in [0.05, 0.1) is 0 Å². The molecule has 4 nitrogen and oxygen atoms in total. The summed E-state index contributed by atoms with van der Waals surface area (Å²) in [6.45, 7) is 1.50. The average molecular weight is 278 g/mol. The van der Waals surface area contributed by atoms with Gasteiger partial charge in [0.2, 0.25) is 0 Å². The fraction of sp³-hybridized carbons (Fsp3) is 0.0588. The monoisotopic (exact) mass is 278 g/mol. The van der Waals surface area contributed by atoms with Crippen LogP contribution in [0.5, 0.6) is 0 Å². The third-order valence-corrected chi connectivity index (χ3v) is 3.37. The van der Waals surface area contributed by atoms with Gasteiger partial charge < -0.3 is 10.3 Å². The quantitative estimate of drug-likeness (QED) is 0.719. The van der Waals surface area contributed by atoms with Crippen LogP contribution < -0.4 is 5.32 Å². The average Bonchev–Trinajstić information content (AvgIpc) is 2.95. The van der Waals surface area contributed by atoms with Gasteiger partial charge in [0.25, 0.3) is 5.91 Å². The zero-order chi connectivity index (χ0) is 14.8. The maximum absolute atomic E-state index is 12.4. The Labute approximate surface area is 121 Å². The maximum Gasteiger partial charge on any atom is 0.256 e. The number of rotatable bonds is 3. The molecular weight excluding hydrogens is 264 g/mol. The largest absolute Gasteiger partial charge is 0.361 e. The molecule has 2 N–H and O–H groups in total. The Balaban J connectivity index is 1.91. The standard InChI is InChI=1S/C17H14N2O2/c1-11(20)12-4-2-5-13(10-12)19-17(21)15-6-3-7-16-14(15)8-9-18-16/h2-10,18H,1H3,(H,19,21). The van der Waals surface area contributed by atoms with Crippen molar-refractivity contribution in [2.24, 2.45) is 0 Å². The van der Waals surface area contributed by atoms with Crippen molar-refractivity contribution in [3.05, 3.63) is 65.9 Å². The maximum atomic E-state index is 12.4. The van der Waals surface area contributed by atoms with Crippen molar-refractivity contribution in [3.8, 4) is 0 Å². The van der Waals surface area contributed by atoms with Crippen molar-refractivity contribution in [3.63, 3.8) is 0 Å². The van der Waals surface area contributed by atoms with Crippen molar-refractivity contribution in [2.75, 3.05) is 5.32 Å². The number of fused-ring (bicyclic) bond motifs is 1. The molecule has 0 unspecified atom stereocenters. The second kappa shape index (κ2) is 5.25. The number of carbonyl (C=O) groups is 2. The highest BCUT2D eigenvalue weighted by atomic mass is 16.1. The first-order valence-corrected chi connectivity index (χ1v) is 6.63. The van der Waals surface area contributed by atoms with Crippen LogP contribution in [0.25, 0.3) is 10.9 Å². The first-order chi connectivity index (χ1) is 10.1. The van der Waals surface area contributed by atoms with Crippen LogP contribution in [0.2, 0.25) is 0 Å². The predicted molar refractivity (Wildman–Crippen MR) is 82.7 cm³/mol. The summed E-state index contributed by atoms with van der Waals surface area (Å²) in [7, 11) is 0. The van der Waals surface area contributed by atoms with E-state index in [-0.39, 0.29) is 11.7 Å². The highest BCUT2D eigenvalue weighted by molar-refractivity contribution is 6.12. The van der Waals surface area contributed by atoms with Crippen molar-refractivity contribution in [1.29, 1.82) is 0 Å². The SMILES string of the molecule is CC(=O)c1cccc(NC(=O)c2cccc3[nH]ccc23)c1. The number of amides is 1. The van der Waals surface area contributed by atoms with Crippen LogP contribution >= 0.6 is 0 Å². The number of aromatic nitrogens is 1. The van der Waals surface area contributed by atoms with Crippen LogP contribution in [-0.4, -0.2) is 16.7 Å². The second-order valence-electron chi connectivity index (χ2n) is 4.84. The molecule has 0 saturated heterocycles. The first kappa shape index (κ1) is 13.1. The summed E-state index contributed by atoms with van der Waals surface area (Å²) in [5.41, 5.74) is 2.70. The number of carbonyl (C=O) groups excluding carboxylic acids is 2. The normalized spacial score (nSPS) is 10.5. The smallest absolute Gasteiger partial charge is 0.256 e. The van der Waals surface area contributed by atoms with E-state index in [1.807, 2.05) is 18.2 Å². The van der Waals surface area contributed by atoms with Gasteiger partial charge in [0.1, 0.15) is 0 Å². The molecule has 21 heavy (non-hydrogen) atoms. The lowest BCUT2D eigenvalue weighted by molar-refractivity contribution is 0.101. The van der Waals surface area contributed by atoms with Crippen LogP contribution in [0.1, 0.15) is 27.6 Å². The number of hydrogen-bond acceptors (Lipinski definition) is 2. The Kier molecular flexibility index (Phi) is 3.28. The minimum atomic E-state index is -0.194. The molecule has 2 aromatic carbocycles. The summed E-state index contributed by atoms with van der Waals surface area (Å²) < 4.78 is 0. The second-order valence-corrected chi connectivity index (χ2v) is 4.84. The molecule has 1 aromatic heterocycles. The molecule has 1 heterocycles. The summed E-state index contributed by atoms with van der Waals surface area (Å²) in [5.74, 6) is -0.222. The molecular formula is C17H14N2O2. The molecule has 3 aromatic rings. The molecule has 3 rings (SSSR count). The summed E-state index contributed by atoms with van der Waals surface area (Å²) >= 11 is 0. The van der Waals surface area contributed by atoms with Crippen molar-refractivity contribution >= 4 is 28.3 Å². The van der Waals surface area contributed by atoms with Gasteiger partial charge in [-0.2, -0.15) is 0 Å². The topological polar surface area (TPSA) is 62.0 Å². The molecule has 0 atom stereocenters. The lowest BCUT2D eigenvalue weighted by Crippen LogP contribution is -2.12. The van der Waals surface area contributed by atoms with Crippen LogP contribution in [0, 0.1) is 0 Å². The van der Waals surface area contributed by atoms with E-state index in [4.69, 9.17) is 0 Å². The van der Waals surface area contributed by atoms with E-state index >= 15 is 0 Å². The molecule has 4 heteroatoms. The Morgan fingerprint density at radius 1 is 1.05 bits per heavy atom. The molecule has 0 aliphatic heterocycles. The number of aromatic amines is 1. The number of ketones is 1. The van der Waals surface area contributed by atoms with E-state index in [0.29, 0.717) is 16.8 Å². The van der Waals surface area contributed by atoms with E-state index < -0.39 is 0 Å². The highest BCUT2D eigenvalue weighted by Gasteiger charge is 2.11. The molecule has 0 fully saturated rings. The summed E-state index contributed by atoms with van der Waals surface area (Å²) in [5, 5.41) is 3.70. The molecule has 0 bridgehead atoms. The predicted octanol–water partition coefficient (Wildman–Crippen LogP) is 3.62. The Hall–Kier alpha value is -2.88. The third-order valence-electron chi connectivity index (χ3n) is 3.37. The van der Waals surface area contributed by atoms with Crippen molar-refractivity contribution in [1.82, 2.24) is 4.98 Å². The Bertz CT molecular complexity index is 833. The first-order valence-electron chi connectivity index (χ1n) is 6.63. The summed E-state index contributed by atoms with van der Waals surface area (Å²) in [6.07, 6.45) is 1.80. The number of benzene rings is 2. The van der Waals surface area contributed by atoms with Gasteiger partial charge in [-0.15, -0.1) is 0 Å². The van der Waals surface area contributed by atoms with Crippen LogP contribution in [0.4, 0.5) is 5.69 Å². The Morgan fingerprint density at radius 3 is 2.67 bits per heavy atom. The molecule has 0 aliphatic carbocycles. The van der Waals surface area contributed by atoms with Crippen molar-refractivity contribution in [2.45, 2.75) is 6.92 Å². The van der Waals surface area contributed by atoms with Gasteiger partial charge in [-0.05, 0) is 37.3 Å². The summed E-state index contributed by atoms with van der Waals surface area (Å²) in [6, 6.07) is 14.3. The van der Waals surface area contributed by atoms with Crippen molar-refractivity contribution < 1.29 is 9.59 Å². The van der Waals surface area contributed by atoms with Gasteiger partial charge in [-0.25, -0.2) is 0 Å². The van der Waals surface area contributed by atoms with Crippen LogP contribution in [0.3, 0.4) is 0 Å². The zero-order valence-electron chi connectivity index (χ0n) is 11.5. The van der Waals surface area contributed by atoms with Gasteiger partial charge in [-0.3, -0.25) is 9.59 Å². The molecule has 0 spiro atoms. The molecule has 104 valence electrons. The van der Waals surface area contributed by atoms with E-state index in [1.165, 1.54) is 6.92 Å². The van der Waals surface area contributed by atoms with Gasteiger partial charge in [0, 0.05) is 33.9 Å². The van der Waals surface area contributed by atoms with Gasteiger partial charge in [0.15, 0.2) is 5.78 Å². The number of hydrogen-bond donors (Lipinski definition) is 2. The number of nitrogens with one attached hydrogen (secondary N) is 2. The molecule has 0 aliphatic rings. The van der Waals surface area contributed by atoms with Gasteiger partial charge >= 0.3 is 0 Å². The van der Waals surface area contributed by atoms with E-state index in [1.54, 1.807) is 36.5 Å². The number of H-pyrrole nitrogens is 1. The number of anilines is 1. The molecule has 0 saturated carbocycles. The van der Waals surface area contributed by atoms with E-state index in [9.17, 15) is 9.59 Å². The van der Waals surface area contributed by atoms with Crippen LogP contribution in [-0.2, 0) is 0 Å². The third kappa shape index (κ3) is 2.56. The fourth-order valence-corrected chi connectivity index (χ4v) is 2.30. The molecule has 0 radical (unpaired) electrons. The highest BCUT2D eigenvalue weighted by Crippen LogP contribution is 2.19. The molecule has 1 amide bonds. The lowest BCUT2D eigenvalue weighted by Gasteiger charge is -2.07. The van der Waals surface area contributed by atoms with E-state index in [2.05, 4.69) is 10.3 Å². The minimum absolute atomic E-state index is 0.0289. The zero-order valence-corrected chi connectivity index (χ0v) is 11.5. The lowest BCUT2D eigenvalue weighted by atomic mass is 10.1. The minimum Gasteiger partial charge on any atom is -0.361 e. The fourth-order valence-electron chi connectivity index (χ4n) is 2.30. The summed E-state index contributed by atoms with van der Waals surface area (Å²) in [4.78, 5) is 26.9. The van der Waals surface area contributed by atoms with E-state index in [0.717, 1.165) is 10.9 Å². The van der Waals surface area contributed by atoms with Crippen LogP contribution in [0.15, 0.2) is 54.7 Å². The Morgan fingerprint density at radius 2 is 1.86 bits per heavy atom.